The number of benzene rings is 2. The van der Waals surface area contributed by atoms with Crippen LogP contribution in [0, 0.1) is 0 Å². The van der Waals surface area contributed by atoms with Gasteiger partial charge in [0.25, 0.3) is 0 Å². The molecule has 0 aromatic heterocycles. The third kappa shape index (κ3) is 4.60. The molecule has 0 spiro atoms. The first kappa shape index (κ1) is 13.4. The van der Waals surface area contributed by atoms with Gasteiger partial charge in [0.1, 0.15) is 11.5 Å². The molecule has 2 aromatic rings. The molecule has 0 saturated heterocycles. The van der Waals surface area contributed by atoms with Crippen molar-refractivity contribution in [3.05, 3.63) is 66.2 Å². The minimum absolute atomic E-state index is 0.244. The first-order chi connectivity index (χ1) is 9.38. The minimum atomic E-state index is 0.244. The van der Waals surface area contributed by atoms with E-state index in [9.17, 15) is 0 Å². The molecular weight excluding hydrogens is 236 g/mol. The number of ether oxygens (including phenoxy) is 1. The first-order valence-electron chi connectivity index (χ1n) is 6.49. The Kier molecular flexibility index (Phi) is 5.20. The largest absolute Gasteiger partial charge is 0.457 e. The predicted octanol–water partition coefficient (Wildman–Crippen LogP) is 4.26. The standard InChI is InChI=1S/C17H18O2/c18-14-6-2-3-7-15-10-12-17(13-11-15)19-16-8-4-1-5-9-16/h1,3-5,7-13,18H,2,6,14H2. The van der Waals surface area contributed by atoms with Gasteiger partial charge in [-0.2, -0.15) is 0 Å². The molecule has 0 atom stereocenters. The van der Waals surface area contributed by atoms with Gasteiger partial charge in [-0.1, -0.05) is 42.5 Å². The van der Waals surface area contributed by atoms with E-state index in [1.165, 1.54) is 0 Å². The Labute approximate surface area is 114 Å². The second-order valence-corrected chi connectivity index (χ2v) is 4.25. The van der Waals surface area contributed by atoms with Gasteiger partial charge < -0.3 is 9.84 Å². The highest BCUT2D eigenvalue weighted by molar-refractivity contribution is 5.50. The van der Waals surface area contributed by atoms with Crippen molar-refractivity contribution >= 4 is 6.08 Å². The summed E-state index contributed by atoms with van der Waals surface area (Å²) in [6, 6.07) is 17.7. The molecule has 98 valence electrons. The van der Waals surface area contributed by atoms with E-state index in [2.05, 4.69) is 12.2 Å². The Morgan fingerprint density at radius 3 is 2.26 bits per heavy atom. The monoisotopic (exact) mass is 254 g/mol. The summed E-state index contributed by atoms with van der Waals surface area (Å²) in [4.78, 5) is 0. The third-order valence-electron chi connectivity index (χ3n) is 2.70. The van der Waals surface area contributed by atoms with Crippen LogP contribution in [-0.4, -0.2) is 11.7 Å². The van der Waals surface area contributed by atoms with Crippen LogP contribution in [0.2, 0.25) is 0 Å². The summed E-state index contributed by atoms with van der Waals surface area (Å²) < 4.78 is 5.72. The van der Waals surface area contributed by atoms with Crippen molar-refractivity contribution in [2.75, 3.05) is 6.61 Å². The van der Waals surface area contributed by atoms with Gasteiger partial charge in [-0.3, -0.25) is 0 Å². The maximum Gasteiger partial charge on any atom is 0.127 e. The van der Waals surface area contributed by atoms with Gasteiger partial charge >= 0.3 is 0 Å². The van der Waals surface area contributed by atoms with Crippen molar-refractivity contribution in [2.24, 2.45) is 0 Å². The van der Waals surface area contributed by atoms with Crippen molar-refractivity contribution in [1.29, 1.82) is 0 Å². The van der Waals surface area contributed by atoms with E-state index in [1.807, 2.05) is 54.6 Å². The zero-order valence-electron chi connectivity index (χ0n) is 10.8. The smallest absolute Gasteiger partial charge is 0.127 e. The number of unbranched alkanes of at least 4 members (excludes halogenated alkanes) is 1. The van der Waals surface area contributed by atoms with E-state index < -0.39 is 0 Å². The molecule has 0 bridgehead atoms. The molecule has 2 aromatic carbocycles. The molecule has 2 rings (SSSR count). The molecule has 2 heteroatoms. The molecular formula is C17H18O2. The molecule has 0 unspecified atom stereocenters. The average Bonchev–Trinajstić information content (AvgIpc) is 2.46. The quantitative estimate of drug-likeness (QED) is 0.780. The summed E-state index contributed by atoms with van der Waals surface area (Å²) in [6.45, 7) is 0.244. The number of aliphatic hydroxyl groups excluding tert-OH is 1. The lowest BCUT2D eigenvalue weighted by molar-refractivity contribution is 0.290. The lowest BCUT2D eigenvalue weighted by Gasteiger charge is -2.05. The number of allylic oxidation sites excluding steroid dienone is 1. The van der Waals surface area contributed by atoms with Gasteiger partial charge in [-0.25, -0.2) is 0 Å². The Morgan fingerprint density at radius 2 is 1.58 bits per heavy atom. The highest BCUT2D eigenvalue weighted by Gasteiger charge is 1.95. The Bertz CT molecular complexity index is 501. The van der Waals surface area contributed by atoms with Crippen LogP contribution in [0.5, 0.6) is 11.5 Å². The number of hydrogen-bond acceptors (Lipinski definition) is 2. The first-order valence-corrected chi connectivity index (χ1v) is 6.49. The summed E-state index contributed by atoms with van der Waals surface area (Å²) in [5, 5.41) is 8.69. The van der Waals surface area contributed by atoms with Crippen molar-refractivity contribution in [3.8, 4) is 11.5 Å². The van der Waals surface area contributed by atoms with E-state index >= 15 is 0 Å². The van der Waals surface area contributed by atoms with Crippen molar-refractivity contribution in [2.45, 2.75) is 12.8 Å². The van der Waals surface area contributed by atoms with Crippen LogP contribution >= 0.6 is 0 Å². The zero-order valence-corrected chi connectivity index (χ0v) is 10.8. The molecule has 0 radical (unpaired) electrons. The van der Waals surface area contributed by atoms with Gasteiger partial charge in [0, 0.05) is 6.61 Å². The summed E-state index contributed by atoms with van der Waals surface area (Å²) in [6.07, 6.45) is 5.84. The van der Waals surface area contributed by atoms with Crippen molar-refractivity contribution < 1.29 is 9.84 Å². The van der Waals surface area contributed by atoms with E-state index in [0.29, 0.717) is 0 Å². The number of rotatable bonds is 6. The topological polar surface area (TPSA) is 29.5 Å². The summed E-state index contributed by atoms with van der Waals surface area (Å²) in [7, 11) is 0. The lowest BCUT2D eigenvalue weighted by Crippen LogP contribution is -1.83. The van der Waals surface area contributed by atoms with E-state index in [0.717, 1.165) is 29.9 Å². The van der Waals surface area contributed by atoms with Crippen LogP contribution in [0.4, 0.5) is 0 Å². The predicted molar refractivity (Wildman–Crippen MR) is 78.3 cm³/mol. The molecule has 0 fully saturated rings. The second-order valence-electron chi connectivity index (χ2n) is 4.25. The fourth-order valence-electron chi connectivity index (χ4n) is 1.70. The number of aliphatic hydroxyl groups is 1. The van der Waals surface area contributed by atoms with Gasteiger partial charge in [0.15, 0.2) is 0 Å². The molecule has 19 heavy (non-hydrogen) atoms. The van der Waals surface area contributed by atoms with Crippen LogP contribution in [0.15, 0.2) is 60.7 Å². The highest BCUT2D eigenvalue weighted by atomic mass is 16.5. The van der Waals surface area contributed by atoms with Gasteiger partial charge in [0.05, 0.1) is 0 Å². The fourth-order valence-corrected chi connectivity index (χ4v) is 1.70. The maximum absolute atomic E-state index is 8.69. The molecule has 0 saturated carbocycles. The van der Waals surface area contributed by atoms with Gasteiger partial charge in [0.2, 0.25) is 0 Å². The van der Waals surface area contributed by atoms with Crippen LogP contribution in [0.25, 0.3) is 6.08 Å². The minimum Gasteiger partial charge on any atom is -0.457 e. The van der Waals surface area contributed by atoms with Crippen LogP contribution < -0.4 is 4.74 Å². The Hall–Kier alpha value is -2.06. The average molecular weight is 254 g/mol. The van der Waals surface area contributed by atoms with E-state index in [4.69, 9.17) is 9.84 Å². The Balaban J connectivity index is 1.93. The third-order valence-corrected chi connectivity index (χ3v) is 2.70. The second kappa shape index (κ2) is 7.39. The summed E-state index contributed by atoms with van der Waals surface area (Å²) in [5.41, 5.74) is 1.14. The zero-order chi connectivity index (χ0) is 13.3. The van der Waals surface area contributed by atoms with Gasteiger partial charge in [-0.05, 0) is 42.7 Å². The van der Waals surface area contributed by atoms with Crippen LogP contribution in [0.3, 0.4) is 0 Å². The lowest BCUT2D eigenvalue weighted by atomic mass is 10.2. The van der Waals surface area contributed by atoms with E-state index in [-0.39, 0.29) is 6.61 Å². The Morgan fingerprint density at radius 1 is 0.895 bits per heavy atom. The van der Waals surface area contributed by atoms with E-state index in [1.54, 1.807) is 0 Å². The van der Waals surface area contributed by atoms with Crippen molar-refractivity contribution in [1.82, 2.24) is 0 Å². The number of para-hydroxylation sites is 1. The number of hydrogen-bond donors (Lipinski definition) is 1. The molecule has 2 nitrogen and oxygen atoms in total. The molecule has 0 aliphatic heterocycles. The highest BCUT2D eigenvalue weighted by Crippen LogP contribution is 2.21. The van der Waals surface area contributed by atoms with Crippen molar-refractivity contribution in [3.63, 3.8) is 0 Å². The molecule has 1 N–H and O–H groups in total. The summed E-state index contributed by atoms with van der Waals surface area (Å²) >= 11 is 0. The molecule has 0 aliphatic rings. The SMILES string of the molecule is OCCCC=Cc1ccc(Oc2ccccc2)cc1. The molecule has 0 amide bonds. The molecule has 0 aliphatic carbocycles. The summed E-state index contributed by atoms with van der Waals surface area (Å²) in [5.74, 6) is 1.67. The molecule has 0 heterocycles. The normalized spacial score (nSPS) is 10.8. The fraction of sp³-hybridized carbons (Fsp3) is 0.176. The van der Waals surface area contributed by atoms with Crippen LogP contribution in [-0.2, 0) is 0 Å². The van der Waals surface area contributed by atoms with Gasteiger partial charge in [-0.15, -0.1) is 0 Å². The van der Waals surface area contributed by atoms with Crippen LogP contribution in [0.1, 0.15) is 18.4 Å². The maximum atomic E-state index is 8.69.